The molecule has 7 nitrogen and oxygen atoms in total. The van der Waals surface area contributed by atoms with E-state index >= 15 is 0 Å². The van der Waals surface area contributed by atoms with Crippen LogP contribution in [0.1, 0.15) is 10.4 Å². The van der Waals surface area contributed by atoms with Gasteiger partial charge in [-0.2, -0.15) is 0 Å². The van der Waals surface area contributed by atoms with Gasteiger partial charge in [-0.3, -0.25) is 4.79 Å². The first kappa shape index (κ1) is 19.0. The molecular weight excluding hydrogens is 360 g/mol. The van der Waals surface area contributed by atoms with Crippen LogP contribution in [-0.2, 0) is 0 Å². The van der Waals surface area contributed by atoms with Crippen LogP contribution in [0, 0.1) is 0 Å². The Labute approximate surface area is 162 Å². The van der Waals surface area contributed by atoms with Crippen molar-refractivity contribution in [3.8, 4) is 28.9 Å². The molecule has 0 fully saturated rings. The monoisotopic (exact) mass is 380 g/mol. The fourth-order valence-electron chi connectivity index (χ4n) is 2.47. The van der Waals surface area contributed by atoms with Crippen molar-refractivity contribution in [1.82, 2.24) is 4.98 Å². The van der Waals surface area contributed by atoms with Gasteiger partial charge >= 0.3 is 0 Å². The lowest BCUT2D eigenvalue weighted by atomic mass is 10.2. The van der Waals surface area contributed by atoms with Crippen molar-refractivity contribution in [2.75, 3.05) is 26.6 Å². The summed E-state index contributed by atoms with van der Waals surface area (Å²) in [5, 5.41) is 2.78. The van der Waals surface area contributed by atoms with E-state index in [9.17, 15) is 4.79 Å². The van der Waals surface area contributed by atoms with Crippen LogP contribution in [0.15, 0.2) is 60.8 Å². The second-order valence-corrected chi connectivity index (χ2v) is 5.69. The summed E-state index contributed by atoms with van der Waals surface area (Å²) in [6.45, 7) is 0. The number of methoxy groups -OCH3 is 3. The van der Waals surface area contributed by atoms with Crippen molar-refractivity contribution in [3.63, 3.8) is 0 Å². The first-order chi connectivity index (χ1) is 13.6. The minimum atomic E-state index is -0.308. The van der Waals surface area contributed by atoms with Gasteiger partial charge in [-0.1, -0.05) is 12.1 Å². The lowest BCUT2D eigenvalue weighted by Gasteiger charge is -2.11. The van der Waals surface area contributed by atoms with Crippen LogP contribution in [-0.4, -0.2) is 32.2 Å². The van der Waals surface area contributed by atoms with Gasteiger partial charge in [0.1, 0.15) is 11.5 Å². The van der Waals surface area contributed by atoms with Crippen LogP contribution in [0.4, 0.5) is 5.69 Å². The van der Waals surface area contributed by atoms with E-state index in [0.29, 0.717) is 40.1 Å². The molecule has 0 atom stereocenters. The molecule has 1 heterocycles. The van der Waals surface area contributed by atoms with Crippen molar-refractivity contribution >= 4 is 11.6 Å². The minimum absolute atomic E-state index is 0.308. The first-order valence-corrected chi connectivity index (χ1v) is 8.44. The topological polar surface area (TPSA) is 78.9 Å². The Morgan fingerprint density at radius 3 is 2.11 bits per heavy atom. The van der Waals surface area contributed by atoms with Gasteiger partial charge in [0.2, 0.25) is 5.88 Å². The maximum Gasteiger partial charge on any atom is 0.255 e. The summed E-state index contributed by atoms with van der Waals surface area (Å²) in [6.07, 6.45) is 1.51. The van der Waals surface area contributed by atoms with Gasteiger partial charge in [-0.25, -0.2) is 4.98 Å². The smallest absolute Gasteiger partial charge is 0.255 e. The summed E-state index contributed by atoms with van der Waals surface area (Å²) in [5.74, 6) is 2.29. The van der Waals surface area contributed by atoms with Crippen LogP contribution in [0.2, 0.25) is 0 Å². The van der Waals surface area contributed by atoms with E-state index in [1.54, 1.807) is 49.6 Å². The summed E-state index contributed by atoms with van der Waals surface area (Å²) in [5.41, 5.74) is 0.935. The number of aromatic nitrogens is 1. The number of anilines is 1. The number of carbonyl (C=O) groups excluding carboxylic acids is 1. The van der Waals surface area contributed by atoms with Crippen LogP contribution in [0.5, 0.6) is 28.9 Å². The fraction of sp³-hybridized carbons (Fsp3) is 0.143. The molecule has 3 aromatic rings. The van der Waals surface area contributed by atoms with Crippen molar-refractivity contribution in [2.45, 2.75) is 0 Å². The molecule has 1 aromatic heterocycles. The van der Waals surface area contributed by atoms with Crippen molar-refractivity contribution in [2.24, 2.45) is 0 Å². The molecule has 0 aliphatic carbocycles. The minimum Gasteiger partial charge on any atom is -0.497 e. The van der Waals surface area contributed by atoms with Gasteiger partial charge in [0, 0.05) is 17.7 Å². The molecule has 1 amide bonds. The van der Waals surface area contributed by atoms with E-state index in [1.807, 2.05) is 12.1 Å². The van der Waals surface area contributed by atoms with Crippen molar-refractivity contribution in [1.29, 1.82) is 0 Å². The number of nitrogens with one attached hydrogen (secondary N) is 1. The molecule has 0 aliphatic heterocycles. The number of amides is 1. The van der Waals surface area contributed by atoms with Gasteiger partial charge in [-0.05, 0) is 30.3 Å². The molecule has 3 rings (SSSR count). The van der Waals surface area contributed by atoms with Crippen LogP contribution in [0.3, 0.4) is 0 Å². The van der Waals surface area contributed by atoms with Crippen molar-refractivity contribution < 1.29 is 23.7 Å². The van der Waals surface area contributed by atoms with Crippen molar-refractivity contribution in [3.05, 3.63) is 66.4 Å². The summed E-state index contributed by atoms with van der Waals surface area (Å²) in [6, 6.07) is 15.6. The summed E-state index contributed by atoms with van der Waals surface area (Å²) in [4.78, 5) is 16.7. The van der Waals surface area contributed by atoms with Gasteiger partial charge in [0.05, 0.1) is 33.2 Å². The van der Waals surface area contributed by atoms with E-state index in [-0.39, 0.29) is 5.91 Å². The molecule has 0 spiro atoms. The fourth-order valence-corrected chi connectivity index (χ4v) is 2.47. The molecule has 2 aromatic carbocycles. The highest BCUT2D eigenvalue weighted by atomic mass is 16.5. The number of ether oxygens (including phenoxy) is 4. The van der Waals surface area contributed by atoms with E-state index in [2.05, 4.69) is 10.3 Å². The second-order valence-electron chi connectivity index (χ2n) is 5.69. The molecule has 0 bridgehead atoms. The third-order valence-electron chi connectivity index (χ3n) is 3.89. The maximum atomic E-state index is 12.5. The number of benzene rings is 2. The number of hydrogen-bond donors (Lipinski definition) is 1. The molecule has 0 radical (unpaired) electrons. The van der Waals surface area contributed by atoms with E-state index in [1.165, 1.54) is 20.4 Å². The summed E-state index contributed by atoms with van der Waals surface area (Å²) < 4.78 is 21.4. The standard InChI is InChI=1S/C21H20N2O5/c1-25-16-10-14(11-17(12-16)26-2)21(24)23-15-8-9-20(22-13-15)28-19-7-5-4-6-18(19)27-3/h4-13H,1-3H3,(H,23,24). The highest BCUT2D eigenvalue weighted by molar-refractivity contribution is 6.04. The highest BCUT2D eigenvalue weighted by Crippen LogP contribution is 2.30. The average molecular weight is 380 g/mol. The first-order valence-electron chi connectivity index (χ1n) is 8.44. The Morgan fingerprint density at radius 2 is 1.54 bits per heavy atom. The third-order valence-corrected chi connectivity index (χ3v) is 3.89. The number of pyridine rings is 1. The molecule has 0 saturated heterocycles. The second kappa shape index (κ2) is 8.77. The largest absolute Gasteiger partial charge is 0.497 e. The number of carbonyl (C=O) groups is 1. The van der Waals surface area contributed by atoms with E-state index in [0.717, 1.165) is 0 Å². The Balaban J connectivity index is 1.71. The maximum absolute atomic E-state index is 12.5. The lowest BCUT2D eigenvalue weighted by Crippen LogP contribution is -2.12. The number of para-hydroxylation sites is 2. The van der Waals surface area contributed by atoms with Crippen LogP contribution in [0.25, 0.3) is 0 Å². The third kappa shape index (κ3) is 4.50. The number of nitrogens with zero attached hydrogens (tertiary/aromatic N) is 1. The van der Waals surface area contributed by atoms with Gasteiger partial charge < -0.3 is 24.3 Å². The van der Waals surface area contributed by atoms with Gasteiger partial charge in [0.25, 0.3) is 5.91 Å². The quantitative estimate of drug-likeness (QED) is 0.663. The molecule has 144 valence electrons. The van der Waals surface area contributed by atoms with Gasteiger partial charge in [0.15, 0.2) is 11.5 Å². The zero-order chi connectivity index (χ0) is 19.9. The Morgan fingerprint density at radius 1 is 0.857 bits per heavy atom. The molecule has 7 heteroatoms. The SMILES string of the molecule is COc1cc(OC)cc(C(=O)Nc2ccc(Oc3ccccc3OC)nc2)c1. The Kier molecular flexibility index (Phi) is 5.96. The zero-order valence-corrected chi connectivity index (χ0v) is 15.8. The average Bonchev–Trinajstić information content (AvgIpc) is 2.75. The predicted octanol–water partition coefficient (Wildman–Crippen LogP) is 4.15. The molecule has 0 aliphatic rings. The van der Waals surface area contributed by atoms with E-state index < -0.39 is 0 Å². The molecule has 1 N–H and O–H groups in total. The number of hydrogen-bond acceptors (Lipinski definition) is 6. The summed E-state index contributed by atoms with van der Waals surface area (Å²) >= 11 is 0. The molecule has 0 unspecified atom stereocenters. The highest BCUT2D eigenvalue weighted by Gasteiger charge is 2.11. The normalized spacial score (nSPS) is 10.1. The lowest BCUT2D eigenvalue weighted by molar-refractivity contribution is 0.102. The summed E-state index contributed by atoms with van der Waals surface area (Å²) in [7, 11) is 4.63. The Bertz CT molecular complexity index is 935. The Hall–Kier alpha value is -3.74. The zero-order valence-electron chi connectivity index (χ0n) is 15.8. The van der Waals surface area contributed by atoms with Crippen LogP contribution >= 0.6 is 0 Å². The molecule has 28 heavy (non-hydrogen) atoms. The molecular formula is C21H20N2O5. The number of rotatable bonds is 7. The van der Waals surface area contributed by atoms with E-state index in [4.69, 9.17) is 18.9 Å². The van der Waals surface area contributed by atoms with Gasteiger partial charge in [-0.15, -0.1) is 0 Å². The van der Waals surface area contributed by atoms with Crippen LogP contribution < -0.4 is 24.3 Å². The predicted molar refractivity (Wildman–Crippen MR) is 105 cm³/mol. The molecule has 0 saturated carbocycles.